The summed E-state index contributed by atoms with van der Waals surface area (Å²) >= 11 is 3.23. The Morgan fingerprint density at radius 1 is 1.24 bits per heavy atom. The lowest BCUT2D eigenvalue weighted by Crippen LogP contribution is -2.37. The third-order valence-corrected chi connectivity index (χ3v) is 4.43. The Morgan fingerprint density at radius 2 is 2.07 bits per heavy atom. The Bertz CT molecular complexity index is 1030. The van der Waals surface area contributed by atoms with E-state index < -0.39 is 5.82 Å². The number of hydrogen-bond acceptors (Lipinski definition) is 6. The molecule has 1 aromatic heterocycles. The number of hydrogen-bond donors (Lipinski definition) is 4. The topological polar surface area (TPSA) is 114 Å². The van der Waals surface area contributed by atoms with Gasteiger partial charge in [-0.15, -0.1) is 0 Å². The molecule has 0 spiro atoms. The first kappa shape index (κ1) is 20.6. The van der Waals surface area contributed by atoms with Gasteiger partial charge in [0.15, 0.2) is 0 Å². The Hall–Kier alpha value is -3.14. The van der Waals surface area contributed by atoms with Gasteiger partial charge in [-0.3, -0.25) is 0 Å². The normalized spacial score (nSPS) is 10.6. The molecule has 152 valence electrons. The van der Waals surface area contributed by atoms with Crippen LogP contribution in [0.3, 0.4) is 0 Å². The van der Waals surface area contributed by atoms with Gasteiger partial charge in [0.2, 0.25) is 0 Å². The molecule has 0 bridgehead atoms. The van der Waals surface area contributed by atoms with Crippen LogP contribution < -0.4 is 26.4 Å². The highest BCUT2D eigenvalue weighted by Crippen LogP contribution is 2.32. The number of urea groups is 1. The van der Waals surface area contributed by atoms with Gasteiger partial charge in [-0.2, -0.15) is 0 Å². The van der Waals surface area contributed by atoms with Crippen molar-refractivity contribution in [3.8, 4) is 5.75 Å². The van der Waals surface area contributed by atoms with Gasteiger partial charge in [0.25, 0.3) is 0 Å². The fourth-order valence-electron chi connectivity index (χ4n) is 2.59. The van der Waals surface area contributed by atoms with E-state index in [1.165, 1.54) is 12.4 Å². The quantitative estimate of drug-likeness (QED) is 0.315. The molecule has 2 amide bonds. The highest BCUT2D eigenvalue weighted by molar-refractivity contribution is 9.10. The SMILES string of the molecule is CCNC(=O)NCCOc1cc2ncnc(Nc3ccc(Br)cc3F)c2cc1N. The number of benzene rings is 2. The minimum absolute atomic E-state index is 0.243. The number of fused-ring (bicyclic) bond motifs is 1. The molecular weight excluding hydrogens is 443 g/mol. The van der Waals surface area contributed by atoms with Crippen molar-refractivity contribution in [1.82, 2.24) is 20.6 Å². The molecule has 0 saturated carbocycles. The molecule has 3 aromatic rings. The Kier molecular flexibility index (Phi) is 6.65. The molecule has 0 aliphatic carbocycles. The van der Waals surface area contributed by atoms with E-state index in [4.69, 9.17) is 10.5 Å². The van der Waals surface area contributed by atoms with E-state index >= 15 is 0 Å². The third kappa shape index (κ3) is 5.23. The number of nitrogens with zero attached hydrogens (tertiary/aromatic N) is 2. The van der Waals surface area contributed by atoms with Gasteiger partial charge in [-0.25, -0.2) is 19.2 Å². The maximum absolute atomic E-state index is 14.1. The summed E-state index contributed by atoms with van der Waals surface area (Å²) in [5, 5.41) is 8.89. The van der Waals surface area contributed by atoms with E-state index in [2.05, 4.69) is 41.8 Å². The summed E-state index contributed by atoms with van der Waals surface area (Å²) < 4.78 is 20.4. The Labute approximate surface area is 175 Å². The van der Waals surface area contributed by atoms with Crippen molar-refractivity contribution >= 4 is 50.1 Å². The molecule has 8 nitrogen and oxygen atoms in total. The summed E-state index contributed by atoms with van der Waals surface area (Å²) in [6.07, 6.45) is 1.37. The van der Waals surface area contributed by atoms with Crippen molar-refractivity contribution in [2.24, 2.45) is 0 Å². The number of nitrogens with two attached hydrogens (primary N) is 1. The van der Waals surface area contributed by atoms with Crippen molar-refractivity contribution in [3.05, 3.63) is 46.9 Å². The molecular formula is C19H20BrFN6O2. The van der Waals surface area contributed by atoms with Gasteiger partial charge < -0.3 is 26.4 Å². The molecule has 0 aliphatic heterocycles. The molecule has 0 atom stereocenters. The summed E-state index contributed by atoms with van der Waals surface area (Å²) in [6.45, 7) is 2.95. The van der Waals surface area contributed by atoms with Gasteiger partial charge in [-0.1, -0.05) is 15.9 Å². The van der Waals surface area contributed by atoms with Gasteiger partial charge in [-0.05, 0) is 31.2 Å². The number of nitrogen functional groups attached to an aromatic ring is 1. The molecule has 1 heterocycles. The number of anilines is 3. The van der Waals surface area contributed by atoms with Crippen LogP contribution in [0, 0.1) is 5.82 Å². The van der Waals surface area contributed by atoms with E-state index in [9.17, 15) is 9.18 Å². The Morgan fingerprint density at radius 3 is 2.83 bits per heavy atom. The van der Waals surface area contributed by atoms with E-state index in [0.29, 0.717) is 45.7 Å². The lowest BCUT2D eigenvalue weighted by molar-refractivity contribution is 0.237. The lowest BCUT2D eigenvalue weighted by Gasteiger charge is -2.13. The largest absolute Gasteiger partial charge is 0.490 e. The fourth-order valence-corrected chi connectivity index (χ4v) is 2.93. The maximum Gasteiger partial charge on any atom is 0.314 e. The second-order valence-electron chi connectivity index (χ2n) is 6.01. The molecule has 29 heavy (non-hydrogen) atoms. The molecule has 0 unspecified atom stereocenters. The average Bonchev–Trinajstić information content (AvgIpc) is 2.68. The number of nitrogens with one attached hydrogen (secondary N) is 3. The molecule has 0 saturated heterocycles. The fraction of sp³-hybridized carbons (Fsp3) is 0.211. The van der Waals surface area contributed by atoms with Crippen molar-refractivity contribution in [3.63, 3.8) is 0 Å². The monoisotopic (exact) mass is 462 g/mol. The second kappa shape index (κ2) is 9.37. The van der Waals surface area contributed by atoms with Crippen LogP contribution in [0.5, 0.6) is 5.75 Å². The van der Waals surface area contributed by atoms with E-state index in [1.54, 1.807) is 24.3 Å². The molecule has 10 heteroatoms. The summed E-state index contributed by atoms with van der Waals surface area (Å²) in [5.41, 5.74) is 7.34. The summed E-state index contributed by atoms with van der Waals surface area (Å²) in [6, 6.07) is 7.79. The first-order chi connectivity index (χ1) is 14.0. The molecule has 5 N–H and O–H groups in total. The van der Waals surface area contributed by atoms with Crippen LogP contribution in [0.4, 0.5) is 26.4 Å². The van der Waals surface area contributed by atoms with Crippen LogP contribution in [0.15, 0.2) is 41.1 Å². The van der Waals surface area contributed by atoms with Crippen LogP contribution in [-0.2, 0) is 0 Å². The zero-order chi connectivity index (χ0) is 20.8. The van der Waals surface area contributed by atoms with Gasteiger partial charge in [0.1, 0.15) is 30.3 Å². The van der Waals surface area contributed by atoms with Crippen LogP contribution >= 0.6 is 15.9 Å². The number of aromatic nitrogens is 2. The van der Waals surface area contributed by atoms with E-state index in [-0.39, 0.29) is 18.3 Å². The van der Waals surface area contributed by atoms with Gasteiger partial charge >= 0.3 is 6.03 Å². The van der Waals surface area contributed by atoms with Crippen molar-refractivity contribution < 1.29 is 13.9 Å². The van der Waals surface area contributed by atoms with Crippen LogP contribution in [0.25, 0.3) is 10.9 Å². The molecule has 3 rings (SSSR count). The molecule has 2 aromatic carbocycles. The first-order valence-corrected chi connectivity index (χ1v) is 9.68. The molecule has 0 fully saturated rings. The first-order valence-electron chi connectivity index (χ1n) is 8.88. The van der Waals surface area contributed by atoms with Crippen molar-refractivity contribution in [2.45, 2.75) is 6.92 Å². The zero-order valence-electron chi connectivity index (χ0n) is 15.6. The highest BCUT2D eigenvalue weighted by atomic mass is 79.9. The summed E-state index contributed by atoms with van der Waals surface area (Å²) in [7, 11) is 0. The van der Waals surface area contributed by atoms with Gasteiger partial charge in [0, 0.05) is 22.5 Å². The summed E-state index contributed by atoms with van der Waals surface area (Å²) in [4.78, 5) is 19.8. The van der Waals surface area contributed by atoms with Gasteiger partial charge in [0.05, 0.1) is 23.4 Å². The molecule has 0 aliphatic rings. The number of ether oxygens (including phenoxy) is 1. The zero-order valence-corrected chi connectivity index (χ0v) is 17.2. The lowest BCUT2D eigenvalue weighted by atomic mass is 10.2. The number of carbonyl (C=O) groups excluding carboxylic acids is 1. The minimum atomic E-state index is -0.418. The van der Waals surface area contributed by atoms with Crippen LogP contribution in [-0.4, -0.2) is 35.7 Å². The number of carbonyl (C=O) groups is 1. The minimum Gasteiger partial charge on any atom is -0.490 e. The smallest absolute Gasteiger partial charge is 0.314 e. The number of halogens is 2. The number of amides is 2. The Balaban J connectivity index is 1.76. The maximum atomic E-state index is 14.1. The predicted molar refractivity (Wildman–Crippen MR) is 114 cm³/mol. The van der Waals surface area contributed by atoms with E-state index in [1.807, 2.05) is 6.92 Å². The van der Waals surface area contributed by atoms with Crippen molar-refractivity contribution in [1.29, 1.82) is 0 Å². The standard InChI is InChI=1S/C19H20BrFN6O2/c1-2-23-19(28)24-5-6-29-17-9-16-12(8-14(17)22)18(26-10-25-16)27-15-4-3-11(20)7-13(15)21/h3-4,7-10H,2,5-6,22H2,1H3,(H2,23,24,28)(H,25,26,27). The molecule has 0 radical (unpaired) electrons. The van der Waals surface area contributed by atoms with Crippen LogP contribution in [0.1, 0.15) is 6.92 Å². The van der Waals surface area contributed by atoms with Crippen LogP contribution in [0.2, 0.25) is 0 Å². The van der Waals surface area contributed by atoms with Crippen molar-refractivity contribution in [2.75, 3.05) is 30.7 Å². The number of rotatable bonds is 7. The predicted octanol–water partition coefficient (Wildman–Crippen LogP) is 3.56. The highest BCUT2D eigenvalue weighted by Gasteiger charge is 2.11. The summed E-state index contributed by atoms with van der Waals surface area (Å²) in [5.74, 6) is 0.445. The third-order valence-electron chi connectivity index (χ3n) is 3.93. The average molecular weight is 463 g/mol. The second-order valence-corrected chi connectivity index (χ2v) is 6.93. The van der Waals surface area contributed by atoms with E-state index in [0.717, 1.165) is 0 Å².